The number of anilines is 1. The fraction of sp³-hybridized carbons (Fsp3) is 0.529. The Balaban J connectivity index is 1.92. The minimum atomic E-state index is -0.0324. The van der Waals surface area contributed by atoms with Crippen molar-refractivity contribution in [3.63, 3.8) is 0 Å². The van der Waals surface area contributed by atoms with Crippen LogP contribution in [0.25, 0.3) is 0 Å². The van der Waals surface area contributed by atoms with Gasteiger partial charge in [-0.3, -0.25) is 14.5 Å². The van der Waals surface area contributed by atoms with Crippen LogP contribution in [0.5, 0.6) is 0 Å². The first-order valence-electron chi connectivity index (χ1n) is 7.65. The summed E-state index contributed by atoms with van der Waals surface area (Å²) in [7, 11) is 2.02. The number of likely N-dealkylation sites (N-methyl/N-ethyl adjacent to an activating group) is 1. The lowest BCUT2D eigenvalue weighted by Gasteiger charge is -2.28. The van der Waals surface area contributed by atoms with Crippen LogP contribution < -0.4 is 5.32 Å². The van der Waals surface area contributed by atoms with E-state index in [0.717, 1.165) is 6.42 Å². The number of hydrogen-bond acceptors (Lipinski definition) is 4. The minimum absolute atomic E-state index is 0.00184. The summed E-state index contributed by atoms with van der Waals surface area (Å²) >= 11 is 1.89. The van der Waals surface area contributed by atoms with Gasteiger partial charge >= 0.3 is 0 Å². The van der Waals surface area contributed by atoms with Gasteiger partial charge < -0.3 is 5.32 Å². The molecule has 2 rings (SSSR count). The number of Topliss-reactive ketones (excluding diaryl/α,β-unsaturated/α-hetero) is 1. The van der Waals surface area contributed by atoms with Crippen molar-refractivity contribution < 1.29 is 9.59 Å². The number of ketones is 1. The fourth-order valence-corrected chi connectivity index (χ4v) is 4.11. The summed E-state index contributed by atoms with van der Waals surface area (Å²) < 4.78 is 0. The molecule has 1 saturated carbocycles. The Morgan fingerprint density at radius 3 is 2.82 bits per heavy atom. The van der Waals surface area contributed by atoms with Crippen LogP contribution in [0.4, 0.5) is 5.69 Å². The monoisotopic (exact) mass is 320 g/mol. The van der Waals surface area contributed by atoms with E-state index in [1.807, 2.05) is 24.9 Å². The summed E-state index contributed by atoms with van der Waals surface area (Å²) in [5, 5.41) is 3.51. The molecule has 4 nitrogen and oxygen atoms in total. The number of rotatable bonds is 6. The van der Waals surface area contributed by atoms with Crippen LogP contribution in [0, 0.1) is 0 Å². The molecule has 0 bridgehead atoms. The van der Waals surface area contributed by atoms with E-state index in [2.05, 4.69) is 16.5 Å². The molecule has 0 heterocycles. The molecular weight excluding hydrogens is 296 g/mol. The average Bonchev–Trinajstić information content (AvgIpc) is 2.95. The third-order valence-corrected chi connectivity index (χ3v) is 5.39. The third kappa shape index (κ3) is 4.34. The van der Waals surface area contributed by atoms with Crippen molar-refractivity contribution in [1.29, 1.82) is 0 Å². The minimum Gasteiger partial charge on any atom is -0.325 e. The molecule has 1 N–H and O–H groups in total. The Labute approximate surface area is 136 Å². The zero-order valence-corrected chi connectivity index (χ0v) is 14.3. The highest BCUT2D eigenvalue weighted by molar-refractivity contribution is 7.99. The number of carbonyl (C=O) groups excluding carboxylic acids is 2. The molecule has 0 radical (unpaired) electrons. The molecule has 120 valence electrons. The normalized spacial score (nSPS) is 21.1. The van der Waals surface area contributed by atoms with Gasteiger partial charge in [0.1, 0.15) is 0 Å². The van der Waals surface area contributed by atoms with Gasteiger partial charge in [-0.05, 0) is 45.2 Å². The molecule has 1 aliphatic carbocycles. The molecule has 1 aromatic carbocycles. The van der Waals surface area contributed by atoms with Crippen LogP contribution in [0.3, 0.4) is 0 Å². The van der Waals surface area contributed by atoms with Crippen molar-refractivity contribution in [2.24, 2.45) is 0 Å². The van der Waals surface area contributed by atoms with E-state index in [1.54, 1.807) is 18.2 Å². The molecule has 1 aliphatic rings. The van der Waals surface area contributed by atoms with E-state index >= 15 is 0 Å². The standard InChI is InChI=1S/C17H24N2O2S/c1-12(20)13-6-4-7-14(10-13)18-17(21)11-19(2)15-8-5-9-16(15)22-3/h4,6-7,10,15-16H,5,8-9,11H2,1-3H3,(H,18,21)/t15-,16+/m0/s1. The van der Waals surface area contributed by atoms with E-state index in [0.29, 0.717) is 29.1 Å². The lowest BCUT2D eigenvalue weighted by atomic mass is 10.1. The van der Waals surface area contributed by atoms with Gasteiger partial charge in [0.05, 0.1) is 6.54 Å². The number of amides is 1. The Morgan fingerprint density at radius 2 is 2.14 bits per heavy atom. The van der Waals surface area contributed by atoms with E-state index in [4.69, 9.17) is 0 Å². The third-order valence-electron chi connectivity index (χ3n) is 4.23. The van der Waals surface area contributed by atoms with Crippen LogP contribution in [0.2, 0.25) is 0 Å². The molecule has 1 amide bonds. The van der Waals surface area contributed by atoms with Gasteiger partial charge in [0.25, 0.3) is 0 Å². The maximum Gasteiger partial charge on any atom is 0.238 e. The predicted octanol–water partition coefficient (Wildman–Crippen LogP) is 3.04. The smallest absolute Gasteiger partial charge is 0.238 e. The fourth-order valence-electron chi connectivity index (χ4n) is 3.05. The van der Waals surface area contributed by atoms with Gasteiger partial charge in [-0.15, -0.1) is 0 Å². The number of thioether (sulfide) groups is 1. The molecule has 22 heavy (non-hydrogen) atoms. The molecule has 5 heteroatoms. The van der Waals surface area contributed by atoms with Gasteiger partial charge in [-0.25, -0.2) is 0 Å². The topological polar surface area (TPSA) is 49.4 Å². The molecule has 0 aromatic heterocycles. The van der Waals surface area contributed by atoms with Crippen LogP contribution in [-0.4, -0.2) is 47.7 Å². The van der Waals surface area contributed by atoms with Crippen molar-refractivity contribution in [3.05, 3.63) is 29.8 Å². The quantitative estimate of drug-likeness (QED) is 0.819. The van der Waals surface area contributed by atoms with Crippen LogP contribution in [0.1, 0.15) is 36.5 Å². The molecule has 0 aliphatic heterocycles. The van der Waals surface area contributed by atoms with E-state index in [1.165, 1.54) is 19.8 Å². The molecule has 0 saturated heterocycles. The predicted molar refractivity (Wildman–Crippen MR) is 92.6 cm³/mol. The van der Waals surface area contributed by atoms with Crippen molar-refractivity contribution >= 4 is 29.1 Å². The highest BCUT2D eigenvalue weighted by atomic mass is 32.2. The summed E-state index contributed by atoms with van der Waals surface area (Å²) in [4.78, 5) is 25.7. The van der Waals surface area contributed by atoms with E-state index in [-0.39, 0.29) is 11.7 Å². The first-order valence-corrected chi connectivity index (χ1v) is 8.94. The summed E-state index contributed by atoms with van der Waals surface area (Å²) in [5.74, 6) is -0.0306. The Kier molecular flexibility index (Phi) is 6.03. The summed E-state index contributed by atoms with van der Waals surface area (Å²) in [6, 6.07) is 7.55. The van der Waals surface area contributed by atoms with Gasteiger partial charge in [0, 0.05) is 22.5 Å². The number of nitrogens with one attached hydrogen (secondary N) is 1. The summed E-state index contributed by atoms with van der Waals surface area (Å²) in [6.45, 7) is 1.91. The highest BCUT2D eigenvalue weighted by Gasteiger charge is 2.30. The second kappa shape index (κ2) is 7.79. The highest BCUT2D eigenvalue weighted by Crippen LogP contribution is 2.31. The van der Waals surface area contributed by atoms with Crippen LogP contribution in [0.15, 0.2) is 24.3 Å². The lowest BCUT2D eigenvalue weighted by molar-refractivity contribution is -0.117. The number of benzene rings is 1. The van der Waals surface area contributed by atoms with E-state index in [9.17, 15) is 9.59 Å². The second-order valence-corrected chi connectivity index (χ2v) is 6.95. The first kappa shape index (κ1) is 17.0. The number of hydrogen-bond donors (Lipinski definition) is 1. The van der Waals surface area contributed by atoms with Gasteiger partial charge in [-0.1, -0.05) is 18.6 Å². The first-order chi connectivity index (χ1) is 10.5. The molecule has 0 unspecified atom stereocenters. The Morgan fingerprint density at radius 1 is 1.36 bits per heavy atom. The number of nitrogens with zero attached hydrogens (tertiary/aromatic N) is 1. The molecule has 2 atom stereocenters. The van der Waals surface area contributed by atoms with Crippen molar-refractivity contribution in [2.45, 2.75) is 37.5 Å². The Bertz CT molecular complexity index is 547. The largest absolute Gasteiger partial charge is 0.325 e. The van der Waals surface area contributed by atoms with Crippen molar-refractivity contribution in [1.82, 2.24) is 4.90 Å². The second-order valence-electron chi connectivity index (χ2n) is 5.87. The van der Waals surface area contributed by atoms with Crippen molar-refractivity contribution in [2.75, 3.05) is 25.2 Å². The van der Waals surface area contributed by atoms with Crippen LogP contribution >= 0.6 is 11.8 Å². The molecular formula is C17H24N2O2S. The zero-order chi connectivity index (χ0) is 16.1. The van der Waals surface area contributed by atoms with Gasteiger partial charge in [0.2, 0.25) is 5.91 Å². The number of carbonyl (C=O) groups is 2. The molecule has 1 aromatic rings. The van der Waals surface area contributed by atoms with Crippen LogP contribution in [-0.2, 0) is 4.79 Å². The van der Waals surface area contributed by atoms with Crippen molar-refractivity contribution in [3.8, 4) is 0 Å². The lowest BCUT2D eigenvalue weighted by Crippen LogP contribution is -2.41. The van der Waals surface area contributed by atoms with Gasteiger partial charge in [0.15, 0.2) is 5.78 Å². The summed E-state index contributed by atoms with van der Waals surface area (Å²) in [5.41, 5.74) is 1.29. The summed E-state index contributed by atoms with van der Waals surface area (Å²) in [6.07, 6.45) is 5.78. The maximum atomic E-state index is 12.2. The Hall–Kier alpha value is -1.33. The molecule has 1 fully saturated rings. The molecule has 0 spiro atoms. The van der Waals surface area contributed by atoms with Gasteiger partial charge in [-0.2, -0.15) is 11.8 Å². The van der Waals surface area contributed by atoms with E-state index < -0.39 is 0 Å². The zero-order valence-electron chi connectivity index (χ0n) is 13.5. The average molecular weight is 320 g/mol. The SMILES string of the molecule is CS[C@@H]1CCC[C@@H]1N(C)CC(=O)Nc1cccc(C(C)=O)c1. The maximum absolute atomic E-state index is 12.2.